The number of ether oxygens (including phenoxy) is 1. The lowest BCUT2D eigenvalue weighted by atomic mass is 10.0. The molecular weight excluding hydrogens is 472 g/mol. The van der Waals surface area contributed by atoms with Crippen LogP contribution in [0, 0.1) is 20.8 Å². The first-order valence-corrected chi connectivity index (χ1v) is 12.8. The molecule has 186 valence electrons. The van der Waals surface area contributed by atoms with Crippen LogP contribution in [0.25, 0.3) is 17.1 Å². The van der Waals surface area contributed by atoms with Crippen molar-refractivity contribution in [2.75, 3.05) is 12.9 Å². The number of rotatable bonds is 8. The lowest BCUT2D eigenvalue weighted by Gasteiger charge is -2.17. The van der Waals surface area contributed by atoms with Gasteiger partial charge in [0.2, 0.25) is 0 Å². The normalized spacial score (nSPS) is 11.2. The standard InChI is InChI=1S/C28H30N4O3S/c1-16(2)21-9-7-8-10-22(21)32-26(20-13-11-17(3)12-14-20)30-31-28(32)36-15-23(33)25-18(4)24(19(5)29-25)27(34)35-6/h7-14,16,29H,15H2,1-6H3. The third-order valence-electron chi connectivity index (χ3n) is 6.18. The molecule has 7 nitrogen and oxygen atoms in total. The van der Waals surface area contributed by atoms with Gasteiger partial charge in [-0.15, -0.1) is 10.2 Å². The van der Waals surface area contributed by atoms with Crippen molar-refractivity contribution in [3.63, 3.8) is 0 Å². The van der Waals surface area contributed by atoms with Gasteiger partial charge in [-0.1, -0.05) is 73.6 Å². The van der Waals surface area contributed by atoms with Crippen LogP contribution >= 0.6 is 11.8 Å². The Morgan fingerprint density at radius 1 is 1.03 bits per heavy atom. The molecule has 0 spiro atoms. The van der Waals surface area contributed by atoms with Crippen LogP contribution in [0.15, 0.2) is 53.7 Å². The van der Waals surface area contributed by atoms with Crippen molar-refractivity contribution in [3.05, 3.63) is 82.2 Å². The number of esters is 1. The summed E-state index contributed by atoms with van der Waals surface area (Å²) in [6, 6.07) is 16.4. The minimum atomic E-state index is -0.458. The first-order valence-electron chi connectivity index (χ1n) is 11.8. The number of hydrogen-bond acceptors (Lipinski definition) is 6. The van der Waals surface area contributed by atoms with Gasteiger partial charge in [-0.3, -0.25) is 9.36 Å². The van der Waals surface area contributed by atoms with Crippen molar-refractivity contribution in [2.24, 2.45) is 0 Å². The maximum atomic E-state index is 13.2. The van der Waals surface area contributed by atoms with Crippen molar-refractivity contribution < 1.29 is 14.3 Å². The molecule has 4 rings (SSSR count). The van der Waals surface area contributed by atoms with E-state index in [4.69, 9.17) is 4.74 Å². The van der Waals surface area contributed by atoms with E-state index in [-0.39, 0.29) is 17.5 Å². The van der Waals surface area contributed by atoms with Crippen molar-refractivity contribution >= 4 is 23.5 Å². The predicted molar refractivity (Wildman–Crippen MR) is 142 cm³/mol. The van der Waals surface area contributed by atoms with Gasteiger partial charge in [0.25, 0.3) is 0 Å². The number of methoxy groups -OCH3 is 1. The summed E-state index contributed by atoms with van der Waals surface area (Å²) in [6.45, 7) is 9.87. The third kappa shape index (κ3) is 4.86. The molecule has 0 fully saturated rings. The maximum Gasteiger partial charge on any atom is 0.339 e. The zero-order chi connectivity index (χ0) is 26.0. The average molecular weight is 503 g/mol. The van der Waals surface area contributed by atoms with Crippen molar-refractivity contribution in [3.8, 4) is 17.1 Å². The molecule has 2 heterocycles. The molecule has 0 saturated carbocycles. The third-order valence-corrected chi connectivity index (χ3v) is 7.11. The molecule has 0 bridgehead atoms. The minimum Gasteiger partial charge on any atom is -0.465 e. The summed E-state index contributed by atoms with van der Waals surface area (Å²) >= 11 is 1.33. The highest BCUT2D eigenvalue weighted by Crippen LogP contribution is 2.33. The van der Waals surface area contributed by atoms with Gasteiger partial charge >= 0.3 is 5.97 Å². The second kappa shape index (κ2) is 10.5. The second-order valence-corrected chi connectivity index (χ2v) is 9.99. The average Bonchev–Trinajstić information content (AvgIpc) is 3.42. The number of aromatic nitrogens is 4. The highest BCUT2D eigenvalue weighted by molar-refractivity contribution is 7.99. The molecule has 0 unspecified atom stereocenters. The molecule has 8 heteroatoms. The van der Waals surface area contributed by atoms with E-state index in [1.807, 2.05) is 47.9 Å². The summed E-state index contributed by atoms with van der Waals surface area (Å²) in [4.78, 5) is 28.4. The van der Waals surface area contributed by atoms with Gasteiger partial charge in [0, 0.05) is 11.3 Å². The number of carbonyl (C=O) groups is 2. The molecule has 0 saturated heterocycles. The highest BCUT2D eigenvalue weighted by Gasteiger charge is 2.24. The fraction of sp³-hybridized carbons (Fsp3) is 0.286. The molecule has 1 N–H and O–H groups in total. The van der Waals surface area contributed by atoms with E-state index in [2.05, 4.69) is 41.2 Å². The number of H-pyrrole nitrogens is 1. The van der Waals surface area contributed by atoms with Crippen LogP contribution in [-0.2, 0) is 4.74 Å². The Kier molecular flexibility index (Phi) is 7.45. The van der Waals surface area contributed by atoms with E-state index in [0.29, 0.717) is 27.7 Å². The summed E-state index contributed by atoms with van der Waals surface area (Å²) in [5, 5.41) is 9.64. The number of benzene rings is 2. The lowest BCUT2D eigenvalue weighted by molar-refractivity contribution is 0.0599. The number of ketones is 1. The first-order chi connectivity index (χ1) is 17.2. The van der Waals surface area contributed by atoms with Crippen molar-refractivity contribution in [1.29, 1.82) is 0 Å². The smallest absolute Gasteiger partial charge is 0.339 e. The number of nitrogens with one attached hydrogen (secondary N) is 1. The number of carbonyl (C=O) groups excluding carboxylic acids is 2. The summed E-state index contributed by atoms with van der Waals surface area (Å²) < 4.78 is 6.90. The van der Waals surface area contributed by atoms with E-state index in [1.54, 1.807) is 13.8 Å². The van der Waals surface area contributed by atoms with Crippen LogP contribution in [0.4, 0.5) is 0 Å². The van der Waals surface area contributed by atoms with Gasteiger partial charge in [-0.05, 0) is 43.9 Å². The fourth-order valence-electron chi connectivity index (χ4n) is 4.29. The molecule has 0 radical (unpaired) electrons. The van der Waals surface area contributed by atoms with E-state index in [9.17, 15) is 9.59 Å². The Labute approximate surface area is 215 Å². The number of aromatic amines is 1. The van der Waals surface area contributed by atoms with Crippen LogP contribution in [-0.4, -0.2) is 44.4 Å². The van der Waals surface area contributed by atoms with Crippen LogP contribution in [0.2, 0.25) is 0 Å². The fourth-order valence-corrected chi connectivity index (χ4v) is 5.11. The molecule has 0 aliphatic rings. The van der Waals surface area contributed by atoms with Crippen LogP contribution < -0.4 is 0 Å². The van der Waals surface area contributed by atoms with Crippen LogP contribution in [0.3, 0.4) is 0 Å². The first kappa shape index (κ1) is 25.4. The van der Waals surface area contributed by atoms with Gasteiger partial charge in [0.05, 0.1) is 29.8 Å². The number of aryl methyl sites for hydroxylation is 2. The molecule has 0 aliphatic heterocycles. The molecule has 0 amide bonds. The zero-order valence-electron chi connectivity index (χ0n) is 21.4. The second-order valence-electron chi connectivity index (χ2n) is 9.05. The minimum absolute atomic E-state index is 0.126. The summed E-state index contributed by atoms with van der Waals surface area (Å²) in [5.74, 6) is 0.560. The van der Waals surface area contributed by atoms with E-state index >= 15 is 0 Å². The molecule has 2 aromatic heterocycles. The van der Waals surface area contributed by atoms with Crippen LogP contribution in [0.5, 0.6) is 0 Å². The van der Waals surface area contributed by atoms with Gasteiger partial charge in [0.15, 0.2) is 16.8 Å². The van der Waals surface area contributed by atoms with Crippen molar-refractivity contribution in [1.82, 2.24) is 19.7 Å². The topological polar surface area (TPSA) is 89.9 Å². The Bertz CT molecular complexity index is 1420. The number of hydrogen-bond donors (Lipinski definition) is 1. The van der Waals surface area contributed by atoms with E-state index in [0.717, 1.165) is 28.2 Å². The molecular formula is C28H30N4O3S. The van der Waals surface area contributed by atoms with Gasteiger partial charge in [-0.25, -0.2) is 4.79 Å². The Morgan fingerprint density at radius 2 is 1.72 bits per heavy atom. The molecule has 0 atom stereocenters. The largest absolute Gasteiger partial charge is 0.465 e. The van der Waals surface area contributed by atoms with E-state index in [1.165, 1.54) is 18.9 Å². The molecule has 2 aromatic carbocycles. The zero-order valence-corrected chi connectivity index (χ0v) is 22.2. The van der Waals surface area contributed by atoms with Gasteiger partial charge in [-0.2, -0.15) is 0 Å². The Morgan fingerprint density at radius 3 is 2.39 bits per heavy atom. The summed E-state index contributed by atoms with van der Waals surface area (Å²) in [5.41, 5.74) is 6.29. The van der Waals surface area contributed by atoms with Crippen molar-refractivity contribution in [2.45, 2.75) is 45.7 Å². The number of Topliss-reactive ketones (excluding diaryl/α,β-unsaturated/α-hetero) is 1. The van der Waals surface area contributed by atoms with Gasteiger partial charge in [0.1, 0.15) is 0 Å². The number of para-hydroxylation sites is 1. The predicted octanol–water partition coefficient (Wildman–Crippen LogP) is 6.07. The van der Waals surface area contributed by atoms with Gasteiger partial charge < -0.3 is 9.72 Å². The van der Waals surface area contributed by atoms with Crippen LogP contribution in [0.1, 0.15) is 63.0 Å². The molecule has 4 aromatic rings. The SMILES string of the molecule is COC(=O)c1c(C)[nH]c(C(=O)CSc2nnc(-c3ccc(C)cc3)n2-c2ccccc2C(C)C)c1C. The monoisotopic (exact) mass is 502 g/mol. The Hall–Kier alpha value is -3.65. The number of nitrogens with zero attached hydrogens (tertiary/aromatic N) is 3. The molecule has 0 aliphatic carbocycles. The lowest BCUT2D eigenvalue weighted by Crippen LogP contribution is -2.09. The number of thioether (sulfide) groups is 1. The Balaban J connectivity index is 1.72. The summed E-state index contributed by atoms with van der Waals surface area (Å²) in [7, 11) is 1.33. The highest BCUT2D eigenvalue weighted by atomic mass is 32.2. The quantitative estimate of drug-likeness (QED) is 0.179. The maximum absolute atomic E-state index is 13.2. The summed E-state index contributed by atoms with van der Waals surface area (Å²) in [6.07, 6.45) is 0. The van der Waals surface area contributed by atoms with E-state index < -0.39 is 5.97 Å². The molecule has 36 heavy (non-hydrogen) atoms.